The average molecular weight is 356 g/mol. The molecule has 0 atom stereocenters. The molecule has 0 unspecified atom stereocenters. The van der Waals surface area contributed by atoms with Gasteiger partial charge in [0.2, 0.25) is 0 Å². The number of likely N-dealkylation sites (tertiary alicyclic amines) is 1. The van der Waals surface area contributed by atoms with E-state index in [1.807, 2.05) is 7.05 Å². The van der Waals surface area contributed by atoms with Crippen LogP contribution in [0.25, 0.3) is 0 Å². The SMILES string of the molecule is CCCN1CCC(NC(=NC)NCc2cccc(N3CC=CC3)c2)CC1. The molecule has 1 fully saturated rings. The van der Waals surface area contributed by atoms with E-state index in [4.69, 9.17) is 0 Å². The topological polar surface area (TPSA) is 42.9 Å². The quantitative estimate of drug-likeness (QED) is 0.468. The Kier molecular flexibility index (Phi) is 6.95. The third kappa shape index (κ3) is 5.24. The lowest BCUT2D eigenvalue weighted by Crippen LogP contribution is -2.48. The van der Waals surface area contributed by atoms with Crippen LogP contribution in [0.5, 0.6) is 0 Å². The van der Waals surface area contributed by atoms with Crippen LogP contribution in [0.1, 0.15) is 31.7 Å². The number of anilines is 1. The van der Waals surface area contributed by atoms with Crippen LogP contribution in [-0.4, -0.2) is 56.7 Å². The minimum atomic E-state index is 0.524. The van der Waals surface area contributed by atoms with Crippen LogP contribution in [0.2, 0.25) is 0 Å². The van der Waals surface area contributed by atoms with Crippen molar-refractivity contribution in [2.75, 3.05) is 44.7 Å². The first kappa shape index (κ1) is 18.8. The molecule has 1 aromatic carbocycles. The number of aliphatic imine (C=N–C) groups is 1. The molecule has 1 aromatic rings. The molecular formula is C21H33N5. The molecule has 0 spiro atoms. The van der Waals surface area contributed by atoms with E-state index in [1.54, 1.807) is 0 Å². The molecule has 2 aliphatic rings. The van der Waals surface area contributed by atoms with Crippen molar-refractivity contribution >= 4 is 11.6 Å². The Morgan fingerprint density at radius 2 is 1.96 bits per heavy atom. The van der Waals surface area contributed by atoms with Gasteiger partial charge in [0, 0.05) is 51.5 Å². The van der Waals surface area contributed by atoms with Crippen molar-refractivity contribution in [2.24, 2.45) is 4.99 Å². The number of hydrogen-bond acceptors (Lipinski definition) is 3. The normalized spacial score (nSPS) is 19.2. The van der Waals surface area contributed by atoms with E-state index in [0.717, 1.165) is 25.6 Å². The number of nitrogens with one attached hydrogen (secondary N) is 2. The molecule has 2 N–H and O–H groups in total. The van der Waals surface area contributed by atoms with Crippen LogP contribution in [-0.2, 0) is 6.54 Å². The molecule has 0 bridgehead atoms. The van der Waals surface area contributed by atoms with E-state index in [9.17, 15) is 0 Å². The third-order valence-corrected chi connectivity index (χ3v) is 5.25. The minimum absolute atomic E-state index is 0.524. The zero-order valence-electron chi connectivity index (χ0n) is 16.2. The van der Waals surface area contributed by atoms with E-state index in [-0.39, 0.29) is 0 Å². The van der Waals surface area contributed by atoms with Crippen molar-refractivity contribution < 1.29 is 0 Å². The molecule has 0 aliphatic carbocycles. The van der Waals surface area contributed by atoms with E-state index in [1.165, 1.54) is 50.1 Å². The van der Waals surface area contributed by atoms with Crippen molar-refractivity contribution in [3.8, 4) is 0 Å². The zero-order valence-corrected chi connectivity index (χ0v) is 16.2. The van der Waals surface area contributed by atoms with E-state index in [0.29, 0.717) is 6.04 Å². The molecule has 26 heavy (non-hydrogen) atoms. The van der Waals surface area contributed by atoms with Crippen LogP contribution in [0.4, 0.5) is 5.69 Å². The Bertz CT molecular complexity index is 609. The van der Waals surface area contributed by atoms with Gasteiger partial charge < -0.3 is 20.4 Å². The second-order valence-corrected chi connectivity index (χ2v) is 7.23. The molecule has 3 rings (SSSR count). The number of rotatable bonds is 6. The van der Waals surface area contributed by atoms with Crippen molar-refractivity contribution in [1.82, 2.24) is 15.5 Å². The number of hydrogen-bond donors (Lipinski definition) is 2. The molecular weight excluding hydrogens is 322 g/mol. The Morgan fingerprint density at radius 3 is 2.65 bits per heavy atom. The van der Waals surface area contributed by atoms with Gasteiger partial charge in [0.25, 0.3) is 0 Å². The lowest BCUT2D eigenvalue weighted by Gasteiger charge is -2.32. The van der Waals surface area contributed by atoms with Gasteiger partial charge in [-0.15, -0.1) is 0 Å². The first-order chi connectivity index (χ1) is 12.8. The summed E-state index contributed by atoms with van der Waals surface area (Å²) in [6.07, 6.45) is 8.08. The van der Waals surface area contributed by atoms with Crippen LogP contribution >= 0.6 is 0 Å². The summed E-state index contributed by atoms with van der Waals surface area (Å²) in [6, 6.07) is 9.31. The highest BCUT2D eigenvalue weighted by Gasteiger charge is 2.19. The Hall–Kier alpha value is -2.01. The maximum absolute atomic E-state index is 4.41. The van der Waals surface area contributed by atoms with Crippen molar-refractivity contribution in [3.63, 3.8) is 0 Å². The summed E-state index contributed by atoms with van der Waals surface area (Å²) in [5, 5.41) is 7.08. The van der Waals surface area contributed by atoms with Gasteiger partial charge in [-0.05, 0) is 43.5 Å². The summed E-state index contributed by atoms with van der Waals surface area (Å²) in [5.74, 6) is 0.909. The third-order valence-electron chi connectivity index (χ3n) is 5.25. The van der Waals surface area contributed by atoms with Crippen molar-refractivity contribution in [3.05, 3.63) is 42.0 Å². The van der Waals surface area contributed by atoms with E-state index < -0.39 is 0 Å². The smallest absolute Gasteiger partial charge is 0.191 e. The number of nitrogens with zero attached hydrogens (tertiary/aromatic N) is 3. The molecule has 142 valence electrons. The van der Waals surface area contributed by atoms with Gasteiger partial charge in [0.15, 0.2) is 5.96 Å². The van der Waals surface area contributed by atoms with E-state index >= 15 is 0 Å². The van der Waals surface area contributed by atoms with E-state index in [2.05, 4.69) is 68.8 Å². The highest BCUT2D eigenvalue weighted by molar-refractivity contribution is 5.80. The van der Waals surface area contributed by atoms with Crippen molar-refractivity contribution in [2.45, 2.75) is 38.8 Å². The largest absolute Gasteiger partial charge is 0.364 e. The Labute approximate surface area is 158 Å². The Morgan fingerprint density at radius 1 is 1.19 bits per heavy atom. The summed E-state index contributed by atoms with van der Waals surface area (Å²) >= 11 is 0. The highest BCUT2D eigenvalue weighted by atomic mass is 15.2. The Balaban J connectivity index is 1.46. The van der Waals surface area contributed by atoms with Crippen LogP contribution in [0.15, 0.2) is 41.4 Å². The molecule has 5 nitrogen and oxygen atoms in total. The van der Waals surface area contributed by atoms with Gasteiger partial charge in [-0.1, -0.05) is 31.2 Å². The molecule has 0 saturated carbocycles. The lowest BCUT2D eigenvalue weighted by molar-refractivity contribution is 0.206. The number of piperidine rings is 1. The summed E-state index contributed by atoms with van der Waals surface area (Å²) < 4.78 is 0. The van der Waals surface area contributed by atoms with Crippen molar-refractivity contribution in [1.29, 1.82) is 0 Å². The van der Waals surface area contributed by atoms with Gasteiger partial charge in [0.05, 0.1) is 0 Å². The molecule has 5 heteroatoms. The standard InChI is InChI=1S/C21H33N5/c1-3-11-25-14-9-19(10-15-25)24-21(22-2)23-17-18-7-6-8-20(16-18)26-12-4-5-13-26/h4-8,16,19H,3,9-15,17H2,1-2H3,(H2,22,23,24). The van der Waals surface area contributed by atoms with Crippen LogP contribution in [0, 0.1) is 0 Å². The predicted molar refractivity (Wildman–Crippen MR) is 111 cm³/mol. The minimum Gasteiger partial charge on any atom is -0.364 e. The highest BCUT2D eigenvalue weighted by Crippen LogP contribution is 2.18. The second-order valence-electron chi connectivity index (χ2n) is 7.23. The first-order valence-electron chi connectivity index (χ1n) is 9.97. The molecule has 2 aliphatic heterocycles. The van der Waals surface area contributed by atoms with Gasteiger partial charge in [0.1, 0.15) is 0 Å². The maximum Gasteiger partial charge on any atom is 0.191 e. The summed E-state index contributed by atoms with van der Waals surface area (Å²) in [5.41, 5.74) is 2.58. The van der Waals surface area contributed by atoms with Crippen LogP contribution < -0.4 is 15.5 Å². The van der Waals surface area contributed by atoms with Gasteiger partial charge in [-0.25, -0.2) is 0 Å². The molecule has 0 radical (unpaired) electrons. The summed E-state index contributed by atoms with van der Waals surface area (Å²) in [6.45, 7) is 8.67. The fraction of sp³-hybridized carbons (Fsp3) is 0.571. The first-order valence-corrected chi connectivity index (χ1v) is 9.97. The lowest BCUT2D eigenvalue weighted by atomic mass is 10.1. The van der Waals surface area contributed by atoms with Crippen LogP contribution in [0.3, 0.4) is 0 Å². The number of benzene rings is 1. The average Bonchev–Trinajstić information content (AvgIpc) is 3.22. The predicted octanol–water partition coefficient (Wildman–Crippen LogP) is 2.60. The molecule has 0 amide bonds. The zero-order chi connectivity index (χ0) is 18.2. The number of guanidine groups is 1. The summed E-state index contributed by atoms with van der Waals surface area (Å²) in [7, 11) is 1.86. The molecule has 2 heterocycles. The summed E-state index contributed by atoms with van der Waals surface area (Å²) in [4.78, 5) is 9.35. The molecule has 0 aromatic heterocycles. The van der Waals surface area contributed by atoms with Gasteiger partial charge in [-0.3, -0.25) is 4.99 Å². The van der Waals surface area contributed by atoms with Gasteiger partial charge >= 0.3 is 0 Å². The second kappa shape index (κ2) is 9.62. The fourth-order valence-corrected chi connectivity index (χ4v) is 3.74. The monoisotopic (exact) mass is 355 g/mol. The molecule has 1 saturated heterocycles. The fourth-order valence-electron chi connectivity index (χ4n) is 3.74. The van der Waals surface area contributed by atoms with Gasteiger partial charge in [-0.2, -0.15) is 0 Å². The maximum atomic E-state index is 4.41.